The van der Waals surface area contributed by atoms with Crippen molar-refractivity contribution >= 4 is 17.3 Å². The minimum atomic E-state index is -0.507. The first-order chi connectivity index (χ1) is 11.1. The molecule has 3 rings (SSSR count). The molecule has 0 spiro atoms. The van der Waals surface area contributed by atoms with Crippen molar-refractivity contribution in [1.82, 2.24) is 5.43 Å². The Morgan fingerprint density at radius 3 is 2.78 bits per heavy atom. The molecule has 6 heteroatoms. The van der Waals surface area contributed by atoms with E-state index in [4.69, 9.17) is 0 Å². The molecular formula is C17H21N3O3. The summed E-state index contributed by atoms with van der Waals surface area (Å²) in [5.41, 5.74) is 3.77. The standard InChI is InChI=1S/C17H21N3O3/c21-17(14-6-3-7-16(11-14)20(22)23)19-18-15-9-8-12-4-1-2-5-13(12)10-15/h3,6-7,11-13H,1-2,4-5,8-10H2,(H,19,21)/b18-15-/t12-,13+/m0/s1. The molecule has 2 aliphatic carbocycles. The van der Waals surface area contributed by atoms with Gasteiger partial charge in [-0.3, -0.25) is 14.9 Å². The number of non-ortho nitro benzene ring substituents is 1. The predicted octanol–water partition coefficient (Wildman–Crippen LogP) is 3.67. The lowest BCUT2D eigenvalue weighted by Gasteiger charge is -2.35. The van der Waals surface area contributed by atoms with E-state index in [0.29, 0.717) is 5.92 Å². The van der Waals surface area contributed by atoms with Gasteiger partial charge in [0, 0.05) is 23.4 Å². The van der Waals surface area contributed by atoms with Gasteiger partial charge in [-0.05, 0) is 43.6 Å². The van der Waals surface area contributed by atoms with Crippen LogP contribution in [0.25, 0.3) is 0 Å². The van der Waals surface area contributed by atoms with E-state index in [0.717, 1.165) is 30.9 Å². The maximum atomic E-state index is 12.1. The summed E-state index contributed by atoms with van der Waals surface area (Å²) in [4.78, 5) is 22.4. The van der Waals surface area contributed by atoms with Gasteiger partial charge in [-0.25, -0.2) is 5.43 Å². The molecule has 0 bridgehead atoms. The largest absolute Gasteiger partial charge is 0.271 e. The van der Waals surface area contributed by atoms with Crippen LogP contribution in [0, 0.1) is 22.0 Å². The summed E-state index contributed by atoms with van der Waals surface area (Å²) in [7, 11) is 0. The van der Waals surface area contributed by atoms with Gasteiger partial charge < -0.3 is 0 Å². The smallest absolute Gasteiger partial charge is 0.267 e. The topological polar surface area (TPSA) is 84.6 Å². The summed E-state index contributed by atoms with van der Waals surface area (Å²) in [6.07, 6.45) is 8.32. The van der Waals surface area contributed by atoms with Crippen molar-refractivity contribution < 1.29 is 9.72 Å². The van der Waals surface area contributed by atoms with Crippen LogP contribution < -0.4 is 5.43 Å². The van der Waals surface area contributed by atoms with Gasteiger partial charge in [0.15, 0.2) is 0 Å². The van der Waals surface area contributed by atoms with E-state index in [2.05, 4.69) is 10.5 Å². The number of nitrogens with zero attached hydrogens (tertiary/aromatic N) is 2. The lowest BCUT2D eigenvalue weighted by molar-refractivity contribution is -0.384. The van der Waals surface area contributed by atoms with E-state index in [-0.39, 0.29) is 11.3 Å². The molecule has 0 saturated heterocycles. The first-order valence-electron chi connectivity index (χ1n) is 8.23. The maximum Gasteiger partial charge on any atom is 0.271 e. The molecule has 122 valence electrons. The number of carbonyl (C=O) groups excluding carboxylic acids is 1. The van der Waals surface area contributed by atoms with Crippen molar-refractivity contribution in [2.24, 2.45) is 16.9 Å². The molecule has 1 aromatic carbocycles. The van der Waals surface area contributed by atoms with Gasteiger partial charge in [0.25, 0.3) is 11.6 Å². The zero-order valence-corrected chi connectivity index (χ0v) is 13.0. The predicted molar refractivity (Wildman–Crippen MR) is 87.3 cm³/mol. The highest BCUT2D eigenvalue weighted by atomic mass is 16.6. The molecule has 0 aromatic heterocycles. The number of hydrazone groups is 1. The van der Waals surface area contributed by atoms with Crippen LogP contribution in [0.5, 0.6) is 0 Å². The Morgan fingerprint density at radius 2 is 2.00 bits per heavy atom. The molecular weight excluding hydrogens is 294 g/mol. The Morgan fingerprint density at radius 1 is 1.22 bits per heavy atom. The summed E-state index contributed by atoms with van der Waals surface area (Å²) in [6.45, 7) is 0. The van der Waals surface area contributed by atoms with E-state index in [1.54, 1.807) is 6.07 Å². The lowest BCUT2D eigenvalue weighted by Crippen LogP contribution is -2.29. The van der Waals surface area contributed by atoms with Crippen LogP contribution in [-0.2, 0) is 0 Å². The van der Waals surface area contributed by atoms with Crippen LogP contribution in [0.15, 0.2) is 29.4 Å². The van der Waals surface area contributed by atoms with E-state index in [1.807, 2.05) is 0 Å². The van der Waals surface area contributed by atoms with Gasteiger partial charge in [0.1, 0.15) is 0 Å². The molecule has 23 heavy (non-hydrogen) atoms. The Kier molecular flexibility index (Phi) is 4.69. The molecule has 2 atom stereocenters. The molecule has 2 aliphatic rings. The number of carbonyl (C=O) groups is 1. The van der Waals surface area contributed by atoms with Crippen LogP contribution in [0.3, 0.4) is 0 Å². The van der Waals surface area contributed by atoms with Gasteiger partial charge in [0.2, 0.25) is 0 Å². The third kappa shape index (κ3) is 3.75. The Hall–Kier alpha value is -2.24. The van der Waals surface area contributed by atoms with Crippen LogP contribution in [0.4, 0.5) is 5.69 Å². The fourth-order valence-electron chi connectivity index (χ4n) is 3.75. The summed E-state index contributed by atoms with van der Waals surface area (Å²) in [5, 5.41) is 15.0. The van der Waals surface area contributed by atoms with Crippen molar-refractivity contribution in [3.8, 4) is 0 Å². The Labute approximate surface area is 135 Å². The van der Waals surface area contributed by atoms with Crippen molar-refractivity contribution in [2.45, 2.75) is 44.9 Å². The number of hydrogen-bond donors (Lipinski definition) is 1. The number of nitrogens with one attached hydrogen (secondary N) is 1. The SMILES string of the molecule is O=C(N/N=C1/CC[C@@H]2CCCC[C@@H]2C1)c1cccc([N+](=O)[O-])c1. The first kappa shape index (κ1) is 15.6. The molecule has 2 fully saturated rings. The minimum Gasteiger partial charge on any atom is -0.267 e. The highest BCUT2D eigenvalue weighted by Gasteiger charge is 2.30. The normalized spacial score (nSPS) is 25.7. The van der Waals surface area contributed by atoms with Gasteiger partial charge in [0.05, 0.1) is 4.92 Å². The molecule has 1 amide bonds. The third-order valence-corrected chi connectivity index (χ3v) is 5.00. The first-order valence-corrected chi connectivity index (χ1v) is 8.23. The zero-order chi connectivity index (χ0) is 16.2. The van der Waals surface area contributed by atoms with Gasteiger partial charge in [-0.1, -0.05) is 25.3 Å². The lowest BCUT2D eigenvalue weighted by atomic mass is 9.70. The average molecular weight is 315 g/mol. The number of benzene rings is 1. The second-order valence-corrected chi connectivity index (χ2v) is 6.47. The fourth-order valence-corrected chi connectivity index (χ4v) is 3.75. The Balaban J connectivity index is 1.62. The fraction of sp³-hybridized carbons (Fsp3) is 0.529. The van der Waals surface area contributed by atoms with E-state index in [1.165, 1.54) is 43.9 Å². The average Bonchev–Trinajstić information content (AvgIpc) is 2.59. The third-order valence-electron chi connectivity index (χ3n) is 5.00. The van der Waals surface area contributed by atoms with Crippen molar-refractivity contribution in [3.05, 3.63) is 39.9 Å². The van der Waals surface area contributed by atoms with Crippen LogP contribution in [0.2, 0.25) is 0 Å². The molecule has 0 radical (unpaired) electrons. The maximum absolute atomic E-state index is 12.1. The second-order valence-electron chi connectivity index (χ2n) is 6.47. The van der Waals surface area contributed by atoms with E-state index >= 15 is 0 Å². The molecule has 2 saturated carbocycles. The molecule has 6 nitrogen and oxygen atoms in total. The van der Waals surface area contributed by atoms with E-state index < -0.39 is 10.8 Å². The monoisotopic (exact) mass is 315 g/mol. The van der Waals surface area contributed by atoms with Crippen molar-refractivity contribution in [2.75, 3.05) is 0 Å². The summed E-state index contributed by atoms with van der Waals surface area (Å²) in [6, 6.07) is 5.70. The zero-order valence-electron chi connectivity index (χ0n) is 13.0. The van der Waals surface area contributed by atoms with Crippen molar-refractivity contribution in [3.63, 3.8) is 0 Å². The number of fused-ring (bicyclic) bond motifs is 1. The Bertz CT molecular complexity index is 642. The number of rotatable bonds is 3. The highest BCUT2D eigenvalue weighted by molar-refractivity contribution is 5.96. The number of nitro groups is 1. The number of hydrogen-bond acceptors (Lipinski definition) is 4. The van der Waals surface area contributed by atoms with Gasteiger partial charge >= 0.3 is 0 Å². The van der Waals surface area contributed by atoms with Crippen LogP contribution >= 0.6 is 0 Å². The molecule has 1 N–H and O–H groups in total. The summed E-state index contributed by atoms with van der Waals surface area (Å²) in [5.74, 6) is 1.15. The van der Waals surface area contributed by atoms with Crippen LogP contribution in [0.1, 0.15) is 55.3 Å². The molecule has 0 unspecified atom stereocenters. The summed E-state index contributed by atoms with van der Waals surface area (Å²) < 4.78 is 0. The second kappa shape index (κ2) is 6.89. The van der Waals surface area contributed by atoms with Gasteiger partial charge in [-0.2, -0.15) is 5.10 Å². The van der Waals surface area contributed by atoms with Crippen molar-refractivity contribution in [1.29, 1.82) is 0 Å². The molecule has 0 aliphatic heterocycles. The highest BCUT2D eigenvalue weighted by Crippen LogP contribution is 2.39. The molecule has 1 aromatic rings. The molecule has 0 heterocycles. The van der Waals surface area contributed by atoms with E-state index in [9.17, 15) is 14.9 Å². The summed E-state index contributed by atoms with van der Waals surface area (Å²) >= 11 is 0. The number of nitro benzene ring substituents is 1. The van der Waals surface area contributed by atoms with Gasteiger partial charge in [-0.15, -0.1) is 0 Å². The van der Waals surface area contributed by atoms with Crippen LogP contribution in [-0.4, -0.2) is 16.5 Å². The quantitative estimate of drug-likeness (QED) is 0.682. The minimum absolute atomic E-state index is 0.0898. The number of amides is 1.